The Balaban J connectivity index is 1.99. The molecular formula is C19H19ClO2. The molecule has 3 heteroatoms. The van der Waals surface area contributed by atoms with Gasteiger partial charge in [-0.1, -0.05) is 41.9 Å². The third kappa shape index (κ3) is 3.52. The van der Waals surface area contributed by atoms with Crippen LogP contribution in [0.2, 0.25) is 5.02 Å². The van der Waals surface area contributed by atoms with Crippen molar-refractivity contribution in [2.45, 2.75) is 25.6 Å². The summed E-state index contributed by atoms with van der Waals surface area (Å²) in [5.41, 5.74) is 1.74. The molecule has 0 radical (unpaired) electrons. The minimum absolute atomic E-state index is 0.117. The number of benzene rings is 2. The van der Waals surface area contributed by atoms with Gasteiger partial charge >= 0.3 is 0 Å². The Kier molecular flexibility index (Phi) is 4.23. The minimum Gasteiger partial charge on any atom is -0.485 e. The smallest absolute Gasteiger partial charge is 0.127 e. The number of hydrogen-bond donors (Lipinski definition) is 0. The lowest BCUT2D eigenvalue weighted by Gasteiger charge is -2.25. The van der Waals surface area contributed by atoms with E-state index in [2.05, 4.69) is 12.1 Å². The molecule has 114 valence electrons. The van der Waals surface area contributed by atoms with Gasteiger partial charge < -0.3 is 9.47 Å². The van der Waals surface area contributed by atoms with Crippen LogP contribution in [0, 0.1) is 0 Å². The number of hydrogen-bond acceptors (Lipinski definition) is 2. The molecule has 3 rings (SSSR count). The molecule has 0 bridgehead atoms. The zero-order valence-electron chi connectivity index (χ0n) is 12.8. The fourth-order valence-corrected chi connectivity index (χ4v) is 2.57. The van der Waals surface area contributed by atoms with Crippen molar-refractivity contribution in [3.63, 3.8) is 0 Å². The summed E-state index contributed by atoms with van der Waals surface area (Å²) in [6.45, 7) is 4.59. The number of rotatable bonds is 2. The molecule has 2 aromatic carbocycles. The zero-order valence-corrected chi connectivity index (χ0v) is 13.5. The van der Waals surface area contributed by atoms with Crippen molar-refractivity contribution >= 4 is 17.4 Å². The van der Waals surface area contributed by atoms with Crippen LogP contribution in [0.1, 0.15) is 31.1 Å². The van der Waals surface area contributed by atoms with Crippen LogP contribution in [0.5, 0.6) is 0 Å². The molecule has 0 saturated heterocycles. The minimum atomic E-state index is -0.380. The average Bonchev–Trinajstić information content (AvgIpc) is 2.67. The first-order valence-corrected chi connectivity index (χ1v) is 7.75. The number of ether oxygens (including phenoxy) is 2. The van der Waals surface area contributed by atoms with E-state index in [-0.39, 0.29) is 11.7 Å². The molecule has 1 atom stereocenters. The van der Waals surface area contributed by atoms with E-state index in [1.807, 2.05) is 62.4 Å². The molecule has 22 heavy (non-hydrogen) atoms. The molecule has 1 aliphatic heterocycles. The van der Waals surface area contributed by atoms with E-state index in [0.29, 0.717) is 11.6 Å². The first-order chi connectivity index (χ1) is 10.5. The van der Waals surface area contributed by atoms with Crippen molar-refractivity contribution in [1.82, 2.24) is 0 Å². The molecule has 0 amide bonds. The van der Waals surface area contributed by atoms with Crippen LogP contribution in [0.4, 0.5) is 0 Å². The van der Waals surface area contributed by atoms with Gasteiger partial charge in [0.05, 0.1) is 6.61 Å². The average molecular weight is 315 g/mol. The van der Waals surface area contributed by atoms with Crippen molar-refractivity contribution in [2.75, 3.05) is 6.61 Å². The largest absolute Gasteiger partial charge is 0.485 e. The molecule has 0 spiro atoms. The van der Waals surface area contributed by atoms with E-state index in [1.54, 1.807) is 0 Å². The quantitative estimate of drug-likeness (QED) is 0.754. The normalized spacial score (nSPS) is 20.7. The van der Waals surface area contributed by atoms with Gasteiger partial charge in [0.2, 0.25) is 0 Å². The third-order valence-electron chi connectivity index (χ3n) is 3.56. The molecule has 0 aromatic heterocycles. The fourth-order valence-electron chi connectivity index (χ4n) is 2.44. The van der Waals surface area contributed by atoms with Gasteiger partial charge in [0.1, 0.15) is 17.5 Å². The van der Waals surface area contributed by atoms with Gasteiger partial charge in [0, 0.05) is 10.6 Å². The van der Waals surface area contributed by atoms with E-state index in [0.717, 1.165) is 16.9 Å². The Labute approximate surface area is 136 Å². The highest BCUT2D eigenvalue weighted by atomic mass is 35.5. The Morgan fingerprint density at radius 3 is 2.36 bits per heavy atom. The lowest BCUT2D eigenvalue weighted by Crippen LogP contribution is -2.28. The molecule has 2 nitrogen and oxygen atoms in total. The first kappa shape index (κ1) is 15.1. The summed E-state index contributed by atoms with van der Waals surface area (Å²) < 4.78 is 12.2. The van der Waals surface area contributed by atoms with Gasteiger partial charge in [-0.15, -0.1) is 0 Å². The predicted molar refractivity (Wildman–Crippen MR) is 89.7 cm³/mol. The van der Waals surface area contributed by atoms with Crippen LogP contribution in [0.25, 0.3) is 5.76 Å². The Hall–Kier alpha value is -1.77. The highest BCUT2D eigenvalue weighted by Gasteiger charge is 2.28. The van der Waals surface area contributed by atoms with Crippen LogP contribution in [-0.2, 0) is 9.47 Å². The lowest BCUT2D eigenvalue weighted by molar-refractivity contribution is -0.0259. The Bertz CT molecular complexity index is 660. The fraction of sp³-hybridized carbons (Fsp3) is 0.263. The summed E-state index contributed by atoms with van der Waals surface area (Å²) in [6.07, 6.45) is 1.92. The molecule has 0 N–H and O–H groups in total. The van der Waals surface area contributed by atoms with Crippen molar-refractivity contribution in [3.8, 4) is 0 Å². The topological polar surface area (TPSA) is 18.5 Å². The second-order valence-corrected chi connectivity index (χ2v) is 6.48. The first-order valence-electron chi connectivity index (χ1n) is 7.37. The van der Waals surface area contributed by atoms with Crippen LogP contribution in [0.15, 0.2) is 60.7 Å². The van der Waals surface area contributed by atoms with Gasteiger partial charge in [0.25, 0.3) is 0 Å². The summed E-state index contributed by atoms with van der Waals surface area (Å²) in [5.74, 6) is 0.827. The van der Waals surface area contributed by atoms with Crippen molar-refractivity contribution in [1.29, 1.82) is 0 Å². The van der Waals surface area contributed by atoms with Crippen LogP contribution in [0.3, 0.4) is 0 Å². The van der Waals surface area contributed by atoms with Crippen LogP contribution < -0.4 is 0 Å². The van der Waals surface area contributed by atoms with Crippen molar-refractivity contribution < 1.29 is 9.47 Å². The standard InChI is InChI=1S/C19H19ClO2/c1-19(2)13-21-17(14-6-4-3-5-7-14)12-18(22-19)15-8-10-16(20)11-9-15/h3-12,17H,13H2,1-2H3. The molecule has 1 heterocycles. The van der Waals surface area contributed by atoms with Gasteiger partial charge in [-0.25, -0.2) is 0 Å². The van der Waals surface area contributed by atoms with Crippen molar-refractivity contribution in [3.05, 3.63) is 76.8 Å². The van der Waals surface area contributed by atoms with E-state index < -0.39 is 0 Å². The summed E-state index contributed by atoms with van der Waals surface area (Å²) in [7, 11) is 0. The van der Waals surface area contributed by atoms with E-state index >= 15 is 0 Å². The molecule has 1 aliphatic rings. The molecule has 1 unspecified atom stereocenters. The zero-order chi connectivity index (χ0) is 15.6. The maximum Gasteiger partial charge on any atom is 0.127 e. The molecule has 0 aliphatic carbocycles. The maximum absolute atomic E-state index is 6.17. The molecule has 0 fully saturated rings. The van der Waals surface area contributed by atoms with E-state index in [1.165, 1.54) is 0 Å². The Morgan fingerprint density at radius 1 is 1.00 bits per heavy atom. The third-order valence-corrected chi connectivity index (χ3v) is 3.81. The van der Waals surface area contributed by atoms with Crippen LogP contribution >= 0.6 is 11.6 Å². The second kappa shape index (κ2) is 6.15. The monoisotopic (exact) mass is 314 g/mol. The van der Waals surface area contributed by atoms with Gasteiger partial charge in [0.15, 0.2) is 0 Å². The molecule has 0 saturated carbocycles. The highest BCUT2D eigenvalue weighted by molar-refractivity contribution is 6.30. The summed E-state index contributed by atoms with van der Waals surface area (Å²) in [6, 6.07) is 17.9. The summed E-state index contributed by atoms with van der Waals surface area (Å²) in [5, 5.41) is 0.716. The van der Waals surface area contributed by atoms with Crippen molar-refractivity contribution in [2.24, 2.45) is 0 Å². The van der Waals surface area contributed by atoms with Gasteiger partial charge in [-0.2, -0.15) is 0 Å². The number of halogens is 1. The van der Waals surface area contributed by atoms with Gasteiger partial charge in [-0.05, 0) is 49.8 Å². The summed E-state index contributed by atoms with van der Waals surface area (Å²) in [4.78, 5) is 0. The van der Waals surface area contributed by atoms with Crippen LogP contribution in [-0.4, -0.2) is 12.2 Å². The van der Waals surface area contributed by atoms with E-state index in [9.17, 15) is 0 Å². The summed E-state index contributed by atoms with van der Waals surface area (Å²) >= 11 is 5.98. The predicted octanol–water partition coefficient (Wildman–Crippen LogP) is 5.25. The maximum atomic E-state index is 6.17. The SMILES string of the molecule is CC1(C)COC(c2ccccc2)C=C(c2ccc(Cl)cc2)O1. The highest BCUT2D eigenvalue weighted by Crippen LogP contribution is 2.33. The molecule has 2 aromatic rings. The van der Waals surface area contributed by atoms with E-state index in [4.69, 9.17) is 21.1 Å². The lowest BCUT2D eigenvalue weighted by atomic mass is 10.1. The Morgan fingerprint density at radius 2 is 1.68 bits per heavy atom. The molecular weight excluding hydrogens is 296 g/mol. The van der Waals surface area contributed by atoms with Gasteiger partial charge in [-0.3, -0.25) is 0 Å². The second-order valence-electron chi connectivity index (χ2n) is 6.04.